The Balaban J connectivity index is 1.56. The van der Waals surface area contributed by atoms with Crippen molar-refractivity contribution >= 4 is 11.3 Å². The van der Waals surface area contributed by atoms with Crippen LogP contribution in [-0.4, -0.2) is 34.7 Å². The van der Waals surface area contributed by atoms with E-state index in [-0.39, 0.29) is 16.6 Å². The first-order valence-electron chi connectivity index (χ1n) is 11.1. The van der Waals surface area contributed by atoms with Crippen LogP contribution in [0.2, 0.25) is 0 Å². The fourth-order valence-electron chi connectivity index (χ4n) is 5.25. The second-order valence-corrected chi connectivity index (χ2v) is 11.3. The molecular formula is C25H36N2OS. The maximum absolute atomic E-state index is 6.65. The molecule has 158 valence electrons. The van der Waals surface area contributed by atoms with E-state index in [0.29, 0.717) is 6.10 Å². The van der Waals surface area contributed by atoms with Crippen LogP contribution in [0.25, 0.3) is 0 Å². The number of nitrogens with zero attached hydrogens (tertiary/aromatic N) is 2. The van der Waals surface area contributed by atoms with E-state index in [2.05, 4.69) is 80.3 Å². The van der Waals surface area contributed by atoms with Crippen LogP contribution in [0.3, 0.4) is 0 Å². The highest BCUT2D eigenvalue weighted by atomic mass is 32.1. The molecule has 2 fully saturated rings. The molecule has 29 heavy (non-hydrogen) atoms. The Bertz CT molecular complexity index is 812. The maximum atomic E-state index is 6.65. The lowest BCUT2D eigenvalue weighted by molar-refractivity contribution is -0.0787. The molecule has 0 amide bonds. The fourth-order valence-corrected chi connectivity index (χ4v) is 5.96. The summed E-state index contributed by atoms with van der Waals surface area (Å²) in [5, 5.41) is 2.20. The zero-order chi connectivity index (χ0) is 20.7. The van der Waals surface area contributed by atoms with Crippen LogP contribution >= 0.6 is 11.3 Å². The van der Waals surface area contributed by atoms with E-state index in [9.17, 15) is 0 Å². The van der Waals surface area contributed by atoms with Gasteiger partial charge in [0.2, 0.25) is 0 Å². The molecule has 0 radical (unpaired) electrons. The van der Waals surface area contributed by atoms with Crippen molar-refractivity contribution in [3.05, 3.63) is 52.0 Å². The molecule has 0 aromatic carbocycles. The third-order valence-corrected chi connectivity index (χ3v) is 8.33. The summed E-state index contributed by atoms with van der Waals surface area (Å²) in [6.45, 7) is 13.5. The Kier molecular flexibility index (Phi) is 5.65. The molecule has 2 saturated heterocycles. The Labute approximate surface area is 180 Å². The first-order valence-corrected chi connectivity index (χ1v) is 12.0. The van der Waals surface area contributed by atoms with Gasteiger partial charge in [0.25, 0.3) is 0 Å². The van der Waals surface area contributed by atoms with E-state index < -0.39 is 0 Å². The predicted octanol–water partition coefficient (Wildman–Crippen LogP) is 5.97. The van der Waals surface area contributed by atoms with Crippen molar-refractivity contribution in [3.63, 3.8) is 0 Å². The number of likely N-dealkylation sites (tertiary alicyclic amines) is 1. The number of aryl methyl sites for hydroxylation is 2. The van der Waals surface area contributed by atoms with Gasteiger partial charge in [-0.2, -0.15) is 0 Å². The van der Waals surface area contributed by atoms with Gasteiger partial charge in [0.05, 0.1) is 11.7 Å². The van der Waals surface area contributed by atoms with Crippen molar-refractivity contribution < 1.29 is 4.74 Å². The normalized spacial score (nSPS) is 27.6. The zero-order valence-corrected chi connectivity index (χ0v) is 19.5. The summed E-state index contributed by atoms with van der Waals surface area (Å²) >= 11 is 1.89. The van der Waals surface area contributed by atoms with Crippen molar-refractivity contribution in [3.8, 4) is 0 Å². The minimum Gasteiger partial charge on any atom is -0.372 e. The van der Waals surface area contributed by atoms with Crippen LogP contribution < -0.4 is 0 Å². The lowest BCUT2D eigenvalue weighted by Crippen LogP contribution is -2.45. The molecule has 3 nitrogen and oxygen atoms in total. The molecule has 2 aliphatic rings. The Morgan fingerprint density at radius 1 is 1.24 bits per heavy atom. The van der Waals surface area contributed by atoms with Gasteiger partial charge in [0, 0.05) is 34.3 Å². The highest BCUT2D eigenvalue weighted by Crippen LogP contribution is 2.49. The highest BCUT2D eigenvalue weighted by Gasteiger charge is 2.51. The molecule has 4 rings (SSSR count). The number of hydrogen-bond acceptors (Lipinski definition) is 4. The van der Waals surface area contributed by atoms with Crippen molar-refractivity contribution in [1.29, 1.82) is 0 Å². The zero-order valence-electron chi connectivity index (χ0n) is 18.7. The number of hydrogen-bond donors (Lipinski definition) is 0. The minimum atomic E-state index is -0.0144. The van der Waals surface area contributed by atoms with Gasteiger partial charge < -0.3 is 4.74 Å². The van der Waals surface area contributed by atoms with Crippen LogP contribution in [0.15, 0.2) is 35.8 Å². The molecule has 0 N–H and O–H groups in total. The molecule has 2 aromatic rings. The quantitative estimate of drug-likeness (QED) is 0.584. The van der Waals surface area contributed by atoms with Gasteiger partial charge in [-0.3, -0.25) is 9.88 Å². The van der Waals surface area contributed by atoms with E-state index in [4.69, 9.17) is 4.74 Å². The Hall–Kier alpha value is -1.23. The van der Waals surface area contributed by atoms with Crippen molar-refractivity contribution in [2.45, 2.75) is 84.0 Å². The van der Waals surface area contributed by atoms with Gasteiger partial charge in [0.1, 0.15) is 0 Å². The predicted molar refractivity (Wildman–Crippen MR) is 121 cm³/mol. The number of rotatable bonds is 6. The summed E-state index contributed by atoms with van der Waals surface area (Å²) in [6.07, 6.45) is 8.40. The SMILES string of the molecule is Cc1ccc(C(C)(C)N2CC[C@](CCc3cccs3)([C@@H]3CCC(C)(C)O3)C2)cn1. The molecule has 0 saturated carbocycles. The smallest absolute Gasteiger partial charge is 0.0652 e. The molecule has 2 aromatic heterocycles. The first kappa shape index (κ1) is 21.0. The number of thiophene rings is 1. The average Bonchev–Trinajstić information content (AvgIpc) is 3.40. The van der Waals surface area contributed by atoms with Crippen LogP contribution in [0.4, 0.5) is 0 Å². The van der Waals surface area contributed by atoms with Crippen LogP contribution in [0.1, 0.15) is 69.5 Å². The molecular weight excluding hydrogens is 376 g/mol. The van der Waals surface area contributed by atoms with Crippen molar-refractivity contribution in [2.24, 2.45) is 5.41 Å². The summed E-state index contributed by atoms with van der Waals surface area (Å²) in [6, 6.07) is 8.85. The average molecular weight is 413 g/mol. The lowest BCUT2D eigenvalue weighted by atomic mass is 9.75. The maximum Gasteiger partial charge on any atom is 0.0652 e. The molecule has 0 spiro atoms. The molecule has 0 unspecified atom stereocenters. The number of ether oxygens (including phenoxy) is 1. The van der Waals surface area contributed by atoms with E-state index >= 15 is 0 Å². The second-order valence-electron chi connectivity index (χ2n) is 10.3. The third-order valence-electron chi connectivity index (χ3n) is 7.40. The van der Waals surface area contributed by atoms with Crippen LogP contribution in [0, 0.1) is 12.3 Å². The van der Waals surface area contributed by atoms with Crippen molar-refractivity contribution in [1.82, 2.24) is 9.88 Å². The summed E-state index contributed by atoms with van der Waals surface area (Å²) < 4.78 is 6.65. The van der Waals surface area contributed by atoms with Gasteiger partial charge in [-0.25, -0.2) is 0 Å². The summed E-state index contributed by atoms with van der Waals surface area (Å²) in [4.78, 5) is 8.75. The summed E-state index contributed by atoms with van der Waals surface area (Å²) in [5.74, 6) is 0. The lowest BCUT2D eigenvalue weighted by Gasteiger charge is -2.40. The molecule has 4 heteroatoms. The van der Waals surface area contributed by atoms with Crippen LogP contribution in [0.5, 0.6) is 0 Å². The van der Waals surface area contributed by atoms with Gasteiger partial charge in [0.15, 0.2) is 0 Å². The Morgan fingerprint density at radius 2 is 2.07 bits per heavy atom. The van der Waals surface area contributed by atoms with Gasteiger partial charge in [-0.1, -0.05) is 12.1 Å². The van der Waals surface area contributed by atoms with Gasteiger partial charge in [-0.15, -0.1) is 11.3 Å². The fraction of sp³-hybridized carbons (Fsp3) is 0.640. The first-order chi connectivity index (χ1) is 13.7. The van der Waals surface area contributed by atoms with E-state index in [1.54, 1.807) is 0 Å². The largest absolute Gasteiger partial charge is 0.372 e. The number of aromatic nitrogens is 1. The van der Waals surface area contributed by atoms with E-state index in [0.717, 1.165) is 25.2 Å². The monoisotopic (exact) mass is 412 g/mol. The number of pyridine rings is 1. The van der Waals surface area contributed by atoms with E-state index in [1.807, 2.05) is 11.3 Å². The Morgan fingerprint density at radius 3 is 2.69 bits per heavy atom. The van der Waals surface area contributed by atoms with Gasteiger partial charge in [-0.05, 0) is 96.3 Å². The molecule has 0 bridgehead atoms. The molecule has 4 heterocycles. The summed E-state index contributed by atoms with van der Waals surface area (Å²) in [5.41, 5.74) is 2.64. The standard InChI is InChI=1S/C25H36N2OS/c1-19-8-9-20(17-26-19)24(4,5)27-15-14-25(18-27,13-10-21-7-6-16-29-21)22-11-12-23(2,3)28-22/h6-9,16-17,22H,10-15,18H2,1-5H3/t22-,25-/m0/s1. The van der Waals surface area contributed by atoms with Gasteiger partial charge >= 0.3 is 0 Å². The topological polar surface area (TPSA) is 25.4 Å². The molecule has 2 aliphatic heterocycles. The minimum absolute atomic E-state index is 0.0144. The molecule has 2 atom stereocenters. The van der Waals surface area contributed by atoms with Crippen LogP contribution in [-0.2, 0) is 16.7 Å². The third kappa shape index (κ3) is 4.30. The van der Waals surface area contributed by atoms with Crippen molar-refractivity contribution in [2.75, 3.05) is 13.1 Å². The second kappa shape index (κ2) is 7.79. The van der Waals surface area contributed by atoms with E-state index in [1.165, 1.54) is 36.1 Å². The summed E-state index contributed by atoms with van der Waals surface area (Å²) in [7, 11) is 0. The molecule has 0 aliphatic carbocycles. The highest BCUT2D eigenvalue weighted by molar-refractivity contribution is 7.09.